The molecule has 22 nitrogen and oxygen atoms in total. The maximum atomic E-state index is 14.0. The van der Waals surface area contributed by atoms with Crippen LogP contribution >= 0.6 is 0 Å². The van der Waals surface area contributed by atoms with Gasteiger partial charge in [-0.05, 0) is 62.5 Å². The van der Waals surface area contributed by atoms with Gasteiger partial charge in [0.2, 0.25) is 35.4 Å². The molecule has 22 heteroatoms. The molecule has 2 aromatic rings. The molecule has 0 heterocycles. The first-order valence-corrected chi connectivity index (χ1v) is 22.2. The van der Waals surface area contributed by atoms with E-state index in [4.69, 9.17) is 10.8 Å². The fourth-order valence-electron chi connectivity index (χ4n) is 6.67. The molecular weight excluding hydrogens is 889 g/mol. The van der Waals surface area contributed by atoms with Gasteiger partial charge in [0.25, 0.3) is 5.91 Å². The summed E-state index contributed by atoms with van der Waals surface area (Å²) in [6, 6.07) is 6.13. The quantitative estimate of drug-likeness (QED) is 0.0471. The van der Waals surface area contributed by atoms with Gasteiger partial charge in [-0.2, -0.15) is 0 Å². The topological polar surface area (TPSA) is 362 Å². The minimum Gasteiger partial charge on any atom is -0.481 e. The van der Waals surface area contributed by atoms with Gasteiger partial charge in [-0.25, -0.2) is 4.79 Å². The lowest BCUT2D eigenvalue weighted by molar-refractivity contribution is -0.143. The highest BCUT2D eigenvalue weighted by atomic mass is 16.4. The Bertz CT molecular complexity index is 2050. The highest BCUT2D eigenvalue weighted by Crippen LogP contribution is 2.13. The third-order valence-corrected chi connectivity index (χ3v) is 10.6. The first-order chi connectivity index (χ1) is 31.9. The molecule has 0 aliphatic rings. The van der Waals surface area contributed by atoms with Crippen molar-refractivity contribution in [2.24, 2.45) is 17.6 Å². The largest absolute Gasteiger partial charge is 0.481 e. The van der Waals surface area contributed by atoms with E-state index in [1.54, 1.807) is 88.4 Å². The summed E-state index contributed by atoms with van der Waals surface area (Å²) in [4.78, 5) is 128. The van der Waals surface area contributed by atoms with Gasteiger partial charge in [-0.3, -0.25) is 43.2 Å². The van der Waals surface area contributed by atoms with Gasteiger partial charge in [0.05, 0.1) is 12.1 Å². The molecule has 0 saturated carbocycles. The van der Waals surface area contributed by atoms with Crippen LogP contribution in [-0.2, 0) is 60.8 Å². The van der Waals surface area contributed by atoms with Crippen molar-refractivity contribution in [3.8, 4) is 0 Å². The zero-order chi connectivity index (χ0) is 51.2. The number of carbonyl (C=O) groups is 10. The maximum Gasteiger partial charge on any atom is 0.326 e. The molecule has 2 aromatic carbocycles. The third-order valence-electron chi connectivity index (χ3n) is 10.6. The summed E-state index contributed by atoms with van der Waals surface area (Å²) < 4.78 is 0. The van der Waals surface area contributed by atoms with Crippen LogP contribution in [0.1, 0.15) is 84.8 Å². The minimum atomic E-state index is -1.99. The number of benzene rings is 2. The van der Waals surface area contributed by atoms with Crippen LogP contribution in [0.2, 0.25) is 0 Å². The average Bonchev–Trinajstić information content (AvgIpc) is 3.27. The molecule has 374 valence electrons. The van der Waals surface area contributed by atoms with Crippen molar-refractivity contribution >= 4 is 59.3 Å². The molecule has 0 aliphatic carbocycles. The Kier molecular flexibility index (Phi) is 23.8. The van der Waals surface area contributed by atoms with E-state index in [0.29, 0.717) is 11.1 Å². The van der Waals surface area contributed by atoms with Crippen molar-refractivity contribution in [3.05, 3.63) is 71.8 Å². The monoisotopic (exact) mass is 954 g/mol. The number of hydrogen-bond acceptors (Lipinski definition) is 12. The maximum absolute atomic E-state index is 14.0. The number of rotatable bonds is 29. The zero-order valence-corrected chi connectivity index (χ0v) is 39.0. The predicted octanol–water partition coefficient (Wildman–Crippen LogP) is -0.890. The number of aliphatic hydroxyl groups is 1. The molecule has 0 unspecified atom stereocenters. The molecule has 7 amide bonds. The van der Waals surface area contributed by atoms with Crippen LogP contribution in [0.4, 0.5) is 0 Å². The first kappa shape index (κ1) is 57.2. The van der Waals surface area contributed by atoms with Crippen molar-refractivity contribution in [2.45, 2.75) is 141 Å². The Labute approximate surface area is 394 Å². The summed E-state index contributed by atoms with van der Waals surface area (Å²) in [6.07, 6.45) is -3.68. The van der Waals surface area contributed by atoms with Gasteiger partial charge in [0.15, 0.2) is 6.10 Å². The standard InChI is InChI=1S/C46H66N8O14/c1-24(2)21-33(52-44(65)37(25(3)4)54-41(62)30(47)17-19-35(55)56)43(64)51-32(22-28-13-9-7-10-14-28)38(59)45(66)49-26(5)39(60)48-27(6)40(61)50-31(18-20-36(57)58)42(63)53-34(46(67)68)23-29-15-11-8-12-16-29/h7-16,24-27,30-34,37-38,59H,17-23,47H2,1-6H3,(H,48,60)(H,49,66)(H,50,61)(H,51,64)(H,52,65)(H,53,63)(H,54,62)(H,55,56)(H,57,58)(H,67,68)/t26-,27-,30-,31-,32-,33-,34-,37-,38+/m0/s1. The Morgan fingerprint density at radius 1 is 0.500 bits per heavy atom. The fraction of sp³-hybridized carbons (Fsp3) is 0.522. The smallest absolute Gasteiger partial charge is 0.326 e. The van der Waals surface area contributed by atoms with Crippen molar-refractivity contribution in [3.63, 3.8) is 0 Å². The molecular formula is C46H66N8O14. The molecule has 0 fully saturated rings. The lowest BCUT2D eigenvalue weighted by atomic mass is 9.97. The molecule has 68 heavy (non-hydrogen) atoms. The SMILES string of the molecule is CC(C)C[C@H](NC(=O)[C@@H](NC(=O)[C@@H](N)CCC(=O)O)C(C)C)C(=O)N[C@@H](Cc1ccccc1)[C@@H](O)C(=O)N[C@@H](C)C(=O)N[C@@H](C)C(=O)N[C@@H](CCC(=O)O)C(=O)N[C@@H](Cc1ccccc1)C(=O)O. The van der Waals surface area contributed by atoms with Crippen molar-refractivity contribution in [1.82, 2.24) is 37.2 Å². The van der Waals surface area contributed by atoms with E-state index in [2.05, 4.69) is 37.2 Å². The summed E-state index contributed by atoms with van der Waals surface area (Å²) in [6.45, 7) is 9.34. The normalized spacial score (nSPS) is 15.1. The number of amides is 7. The molecule has 13 N–H and O–H groups in total. The lowest BCUT2D eigenvalue weighted by Gasteiger charge is -2.30. The number of hydrogen-bond donors (Lipinski definition) is 12. The van der Waals surface area contributed by atoms with Crippen LogP contribution in [0, 0.1) is 11.8 Å². The Balaban J connectivity index is 2.21. The highest BCUT2D eigenvalue weighted by molar-refractivity contribution is 5.96. The number of carbonyl (C=O) groups excluding carboxylic acids is 7. The van der Waals surface area contributed by atoms with Gasteiger partial charge < -0.3 is 63.4 Å². The summed E-state index contributed by atoms with van der Waals surface area (Å²) in [5, 5.41) is 56.6. The van der Waals surface area contributed by atoms with E-state index in [0.717, 1.165) is 0 Å². The van der Waals surface area contributed by atoms with Gasteiger partial charge in [-0.15, -0.1) is 0 Å². The van der Waals surface area contributed by atoms with Gasteiger partial charge in [-0.1, -0.05) is 88.4 Å². The number of aliphatic carboxylic acids is 3. The van der Waals surface area contributed by atoms with E-state index >= 15 is 0 Å². The molecule has 0 saturated heterocycles. The van der Waals surface area contributed by atoms with Crippen molar-refractivity contribution in [2.75, 3.05) is 0 Å². The second-order valence-electron chi connectivity index (χ2n) is 17.3. The van der Waals surface area contributed by atoms with E-state index < -0.39 is 132 Å². The fourth-order valence-corrected chi connectivity index (χ4v) is 6.67. The molecule has 0 aliphatic heterocycles. The molecule has 0 spiro atoms. The lowest BCUT2D eigenvalue weighted by Crippen LogP contribution is -2.60. The number of nitrogens with one attached hydrogen (secondary N) is 7. The van der Waals surface area contributed by atoms with Gasteiger partial charge >= 0.3 is 17.9 Å². The zero-order valence-electron chi connectivity index (χ0n) is 39.0. The summed E-state index contributed by atoms with van der Waals surface area (Å²) in [7, 11) is 0. The number of nitrogens with two attached hydrogens (primary N) is 1. The van der Waals surface area contributed by atoms with E-state index in [-0.39, 0.29) is 38.0 Å². The number of aliphatic hydroxyl groups excluding tert-OH is 1. The molecule has 9 atom stereocenters. The van der Waals surface area contributed by atoms with Gasteiger partial charge in [0, 0.05) is 19.3 Å². The third kappa shape index (κ3) is 20.3. The Hall–Kier alpha value is -6.94. The van der Waals surface area contributed by atoms with Crippen molar-refractivity contribution in [1.29, 1.82) is 0 Å². The summed E-state index contributed by atoms with van der Waals surface area (Å²) in [5.74, 6) is -10.8. The second-order valence-corrected chi connectivity index (χ2v) is 17.3. The van der Waals surface area contributed by atoms with Crippen LogP contribution < -0.4 is 43.0 Å². The highest BCUT2D eigenvalue weighted by Gasteiger charge is 2.35. The predicted molar refractivity (Wildman–Crippen MR) is 245 cm³/mol. The van der Waals surface area contributed by atoms with Crippen LogP contribution in [0.5, 0.6) is 0 Å². The number of carboxylic acid groups (broad SMARTS) is 3. The van der Waals surface area contributed by atoms with E-state index in [9.17, 15) is 63.3 Å². The summed E-state index contributed by atoms with van der Waals surface area (Å²) >= 11 is 0. The number of carboxylic acids is 3. The minimum absolute atomic E-state index is 0.0832. The van der Waals surface area contributed by atoms with Crippen LogP contribution in [-0.4, -0.2) is 134 Å². The molecule has 0 radical (unpaired) electrons. The average molecular weight is 955 g/mol. The molecule has 0 aromatic heterocycles. The van der Waals surface area contributed by atoms with E-state index in [1.807, 2.05) is 0 Å². The van der Waals surface area contributed by atoms with Crippen LogP contribution in [0.3, 0.4) is 0 Å². The van der Waals surface area contributed by atoms with Crippen LogP contribution in [0.15, 0.2) is 60.7 Å². The van der Waals surface area contributed by atoms with Gasteiger partial charge in [0.1, 0.15) is 36.3 Å². The molecule has 2 rings (SSSR count). The van der Waals surface area contributed by atoms with E-state index in [1.165, 1.54) is 13.8 Å². The summed E-state index contributed by atoms with van der Waals surface area (Å²) in [5.41, 5.74) is 7.03. The van der Waals surface area contributed by atoms with Crippen LogP contribution in [0.25, 0.3) is 0 Å². The Morgan fingerprint density at radius 3 is 1.46 bits per heavy atom. The van der Waals surface area contributed by atoms with Crippen molar-refractivity contribution < 1.29 is 68.4 Å². The second kappa shape index (κ2) is 28.3. The Morgan fingerprint density at radius 2 is 0.956 bits per heavy atom. The molecule has 0 bridgehead atoms. The first-order valence-electron chi connectivity index (χ1n) is 22.2.